The van der Waals surface area contributed by atoms with Crippen LogP contribution in [0.1, 0.15) is 27.2 Å². The highest BCUT2D eigenvalue weighted by Gasteiger charge is 2.27. The molecule has 88 valence electrons. The number of carbonyl (C=O) groups is 1. The molecule has 1 aliphatic heterocycles. The van der Waals surface area contributed by atoms with E-state index in [9.17, 15) is 4.79 Å². The van der Waals surface area contributed by atoms with Gasteiger partial charge in [0.05, 0.1) is 6.10 Å². The number of hydrogen-bond acceptors (Lipinski definition) is 3. The van der Waals surface area contributed by atoms with Gasteiger partial charge in [0.25, 0.3) is 0 Å². The van der Waals surface area contributed by atoms with Gasteiger partial charge in [0.1, 0.15) is 0 Å². The molecule has 1 atom stereocenters. The monoisotopic (exact) mass is 214 g/mol. The lowest BCUT2D eigenvalue weighted by molar-refractivity contribution is 0.0441. The van der Waals surface area contributed by atoms with Crippen LogP contribution in [0.5, 0.6) is 0 Å². The van der Waals surface area contributed by atoms with E-state index >= 15 is 0 Å². The van der Waals surface area contributed by atoms with Crippen molar-refractivity contribution in [1.82, 2.24) is 9.80 Å². The maximum Gasteiger partial charge on any atom is 0.410 e. The molecule has 1 aliphatic rings. The van der Waals surface area contributed by atoms with Crippen LogP contribution in [0, 0.1) is 0 Å². The van der Waals surface area contributed by atoms with Crippen molar-refractivity contribution in [1.29, 1.82) is 0 Å². The highest BCUT2D eigenvalue weighted by Crippen LogP contribution is 2.12. The second kappa shape index (κ2) is 5.35. The lowest BCUT2D eigenvalue weighted by atomic mass is 10.1. The van der Waals surface area contributed by atoms with Crippen LogP contribution in [-0.2, 0) is 4.74 Å². The van der Waals surface area contributed by atoms with Gasteiger partial charge in [-0.1, -0.05) is 6.92 Å². The number of ether oxygens (including phenoxy) is 1. The Morgan fingerprint density at radius 3 is 2.67 bits per heavy atom. The summed E-state index contributed by atoms with van der Waals surface area (Å²) >= 11 is 0. The molecule has 1 fully saturated rings. The molecule has 0 aliphatic carbocycles. The molecule has 0 aromatic rings. The maximum absolute atomic E-state index is 11.7. The number of carbonyl (C=O) groups excluding carboxylic acids is 1. The molecule has 4 heteroatoms. The Bertz CT molecular complexity index is 219. The average molecular weight is 214 g/mol. The molecule has 4 nitrogen and oxygen atoms in total. The smallest absolute Gasteiger partial charge is 0.410 e. The second-order valence-corrected chi connectivity index (χ2v) is 4.42. The highest BCUT2D eigenvalue weighted by atomic mass is 16.6. The average Bonchev–Trinajstić information content (AvgIpc) is 2.17. The Hall–Kier alpha value is -0.770. The first-order valence-electron chi connectivity index (χ1n) is 5.70. The van der Waals surface area contributed by atoms with Gasteiger partial charge in [-0.2, -0.15) is 0 Å². The van der Waals surface area contributed by atoms with Gasteiger partial charge >= 0.3 is 6.09 Å². The van der Waals surface area contributed by atoms with Crippen molar-refractivity contribution in [3.8, 4) is 0 Å². The summed E-state index contributed by atoms with van der Waals surface area (Å²) in [6.07, 6.45) is 0.871. The first-order valence-corrected chi connectivity index (χ1v) is 5.70. The summed E-state index contributed by atoms with van der Waals surface area (Å²) in [5.74, 6) is 0. The Labute approximate surface area is 92.2 Å². The Morgan fingerprint density at radius 2 is 2.13 bits per heavy atom. The molecular weight excluding hydrogens is 192 g/mol. The molecule has 1 amide bonds. The first kappa shape index (κ1) is 12.3. The number of piperazine rings is 1. The van der Waals surface area contributed by atoms with Gasteiger partial charge in [-0.25, -0.2) is 4.79 Å². The van der Waals surface area contributed by atoms with E-state index in [1.807, 2.05) is 18.7 Å². The fourth-order valence-corrected chi connectivity index (χ4v) is 1.83. The van der Waals surface area contributed by atoms with Gasteiger partial charge in [0.15, 0.2) is 0 Å². The van der Waals surface area contributed by atoms with Gasteiger partial charge in [0, 0.05) is 25.7 Å². The molecule has 0 bridgehead atoms. The van der Waals surface area contributed by atoms with E-state index in [0.29, 0.717) is 6.04 Å². The summed E-state index contributed by atoms with van der Waals surface area (Å²) in [5, 5.41) is 0. The molecule has 0 saturated carbocycles. The third-order valence-electron chi connectivity index (χ3n) is 2.84. The number of hydrogen-bond donors (Lipinski definition) is 0. The minimum absolute atomic E-state index is 0.0303. The number of rotatable bonds is 2. The zero-order valence-corrected chi connectivity index (χ0v) is 10.2. The molecule has 0 spiro atoms. The minimum Gasteiger partial charge on any atom is -0.447 e. The van der Waals surface area contributed by atoms with E-state index < -0.39 is 0 Å². The van der Waals surface area contributed by atoms with Gasteiger partial charge < -0.3 is 9.64 Å². The van der Waals surface area contributed by atoms with Crippen molar-refractivity contribution >= 4 is 6.09 Å². The number of amides is 1. The summed E-state index contributed by atoms with van der Waals surface area (Å²) in [7, 11) is 2.11. The molecular formula is C11H22N2O2. The summed E-state index contributed by atoms with van der Waals surface area (Å²) in [4.78, 5) is 15.8. The van der Waals surface area contributed by atoms with Crippen molar-refractivity contribution in [2.45, 2.75) is 39.3 Å². The molecule has 0 N–H and O–H groups in total. The fourth-order valence-electron chi connectivity index (χ4n) is 1.83. The quantitative estimate of drug-likeness (QED) is 0.699. The van der Waals surface area contributed by atoms with Crippen LogP contribution in [-0.4, -0.2) is 54.7 Å². The van der Waals surface area contributed by atoms with E-state index in [0.717, 1.165) is 26.1 Å². The van der Waals surface area contributed by atoms with E-state index in [-0.39, 0.29) is 12.2 Å². The van der Waals surface area contributed by atoms with E-state index in [1.165, 1.54) is 0 Å². The molecule has 1 saturated heterocycles. The molecule has 15 heavy (non-hydrogen) atoms. The normalized spacial score (nSPS) is 23.3. The van der Waals surface area contributed by atoms with Gasteiger partial charge in [-0.3, -0.25) is 4.90 Å². The second-order valence-electron chi connectivity index (χ2n) is 4.42. The van der Waals surface area contributed by atoms with Crippen LogP contribution in [0.4, 0.5) is 4.79 Å². The minimum atomic E-state index is -0.170. The molecule has 1 rings (SSSR count). The third kappa shape index (κ3) is 3.38. The van der Waals surface area contributed by atoms with Crippen LogP contribution in [0.2, 0.25) is 0 Å². The molecule has 0 radical (unpaired) electrons. The van der Waals surface area contributed by atoms with Crippen molar-refractivity contribution in [3.05, 3.63) is 0 Å². The van der Waals surface area contributed by atoms with Crippen molar-refractivity contribution in [2.75, 3.05) is 26.7 Å². The van der Waals surface area contributed by atoms with E-state index in [2.05, 4.69) is 18.9 Å². The highest BCUT2D eigenvalue weighted by molar-refractivity contribution is 5.68. The Balaban J connectivity index is 2.47. The Morgan fingerprint density at radius 1 is 1.47 bits per heavy atom. The summed E-state index contributed by atoms with van der Waals surface area (Å²) in [6.45, 7) is 8.41. The molecule has 1 heterocycles. The van der Waals surface area contributed by atoms with Gasteiger partial charge in [0.2, 0.25) is 0 Å². The molecule has 1 unspecified atom stereocenters. The van der Waals surface area contributed by atoms with Crippen molar-refractivity contribution in [2.24, 2.45) is 0 Å². The third-order valence-corrected chi connectivity index (χ3v) is 2.84. The standard InChI is InChI=1S/C11H22N2O2/c1-5-10-8-13(7-6-12(10)4)11(14)15-9(2)3/h9-10H,5-8H2,1-4H3. The van der Waals surface area contributed by atoms with Crippen LogP contribution in [0.15, 0.2) is 0 Å². The summed E-state index contributed by atoms with van der Waals surface area (Å²) in [5.41, 5.74) is 0. The van der Waals surface area contributed by atoms with Crippen molar-refractivity contribution < 1.29 is 9.53 Å². The van der Waals surface area contributed by atoms with E-state index in [4.69, 9.17) is 4.74 Å². The zero-order valence-electron chi connectivity index (χ0n) is 10.2. The van der Waals surface area contributed by atoms with Crippen LogP contribution in [0.25, 0.3) is 0 Å². The molecule has 0 aromatic heterocycles. The van der Waals surface area contributed by atoms with Gasteiger partial charge in [-0.05, 0) is 27.3 Å². The van der Waals surface area contributed by atoms with Crippen LogP contribution < -0.4 is 0 Å². The number of nitrogens with zero attached hydrogens (tertiary/aromatic N) is 2. The first-order chi connectivity index (χ1) is 7.04. The van der Waals surface area contributed by atoms with Crippen molar-refractivity contribution in [3.63, 3.8) is 0 Å². The molecule has 0 aromatic carbocycles. The topological polar surface area (TPSA) is 32.8 Å². The predicted octanol–water partition coefficient (Wildman–Crippen LogP) is 1.56. The Kier molecular flexibility index (Phi) is 4.39. The summed E-state index contributed by atoms with van der Waals surface area (Å²) in [6, 6.07) is 0.471. The predicted molar refractivity (Wildman–Crippen MR) is 59.9 cm³/mol. The lowest BCUT2D eigenvalue weighted by Gasteiger charge is -2.38. The zero-order chi connectivity index (χ0) is 11.4. The van der Waals surface area contributed by atoms with Crippen LogP contribution in [0.3, 0.4) is 0 Å². The number of likely N-dealkylation sites (N-methyl/N-ethyl adjacent to an activating group) is 1. The largest absolute Gasteiger partial charge is 0.447 e. The van der Waals surface area contributed by atoms with Gasteiger partial charge in [-0.15, -0.1) is 0 Å². The summed E-state index contributed by atoms with van der Waals surface area (Å²) < 4.78 is 5.19. The van der Waals surface area contributed by atoms with Crippen LogP contribution >= 0.6 is 0 Å². The maximum atomic E-state index is 11.7. The lowest BCUT2D eigenvalue weighted by Crippen LogP contribution is -2.53. The van der Waals surface area contributed by atoms with E-state index in [1.54, 1.807) is 0 Å². The fraction of sp³-hybridized carbons (Fsp3) is 0.909. The SMILES string of the molecule is CCC1CN(C(=O)OC(C)C)CCN1C.